The van der Waals surface area contributed by atoms with E-state index in [1.165, 1.54) is 32.1 Å². The van der Waals surface area contributed by atoms with E-state index in [1.807, 2.05) is 20.8 Å². The van der Waals surface area contributed by atoms with E-state index in [9.17, 15) is 4.79 Å². The third-order valence-corrected chi connectivity index (χ3v) is 4.89. The molecule has 0 aromatic rings. The molecule has 0 aliphatic heterocycles. The molecule has 0 spiro atoms. The van der Waals surface area contributed by atoms with Crippen LogP contribution in [0.1, 0.15) is 85.5 Å². The van der Waals surface area contributed by atoms with Crippen molar-refractivity contribution in [2.45, 2.75) is 85.5 Å². The smallest absolute Gasteiger partial charge is 0.255 e. The van der Waals surface area contributed by atoms with E-state index in [0.29, 0.717) is 0 Å². The monoisotopic (exact) mass is 343 g/mol. The molecule has 1 N–H and O–H groups in total. The number of allylic oxidation sites excluding steroid dienone is 4. The second kappa shape index (κ2) is 11.1. The highest BCUT2D eigenvalue weighted by Crippen LogP contribution is 2.32. The van der Waals surface area contributed by atoms with Crippen LogP contribution in [0.2, 0.25) is 0 Å². The summed E-state index contributed by atoms with van der Waals surface area (Å²) in [5.41, 5.74) is 4.81. The minimum atomic E-state index is -0.0139. The van der Waals surface area contributed by atoms with Gasteiger partial charge in [-0.1, -0.05) is 69.4 Å². The third-order valence-electron chi connectivity index (χ3n) is 4.89. The number of hydrogen-bond donors (Lipinski definition) is 1. The van der Waals surface area contributed by atoms with Crippen molar-refractivity contribution in [1.29, 1.82) is 0 Å². The lowest BCUT2D eigenvalue weighted by Gasteiger charge is -2.18. The first-order chi connectivity index (χ1) is 11.8. The zero-order chi connectivity index (χ0) is 18.8. The molecule has 0 heterocycles. The maximum Gasteiger partial charge on any atom is 0.255 e. The summed E-state index contributed by atoms with van der Waals surface area (Å²) in [5, 5.41) is 3.02. The molecule has 140 valence electrons. The minimum Gasteiger partial charge on any atom is -0.326 e. The number of rotatable bonds is 10. The fourth-order valence-electron chi connectivity index (χ4n) is 3.60. The predicted octanol–water partition coefficient (Wildman–Crippen LogP) is 6.62. The van der Waals surface area contributed by atoms with E-state index >= 15 is 0 Å². The molecule has 0 bridgehead atoms. The quantitative estimate of drug-likeness (QED) is 0.350. The van der Waals surface area contributed by atoms with Gasteiger partial charge < -0.3 is 5.32 Å². The zero-order valence-corrected chi connectivity index (χ0v) is 16.8. The van der Waals surface area contributed by atoms with E-state index in [4.69, 9.17) is 0 Å². The average Bonchev–Trinajstić information content (AvgIpc) is 3.03. The Labute approximate surface area is 155 Å². The Bertz CT molecular complexity index is 540. The van der Waals surface area contributed by atoms with Crippen LogP contribution in [0.3, 0.4) is 0 Å². The SMILES string of the molecule is C=C(C)/C=C(/CCC1CCCC1)C(C(=O)NC(=C)CCCC)=C(C)C. The third kappa shape index (κ3) is 7.90. The van der Waals surface area contributed by atoms with Crippen molar-refractivity contribution in [2.24, 2.45) is 5.92 Å². The summed E-state index contributed by atoms with van der Waals surface area (Å²) < 4.78 is 0. The first-order valence-corrected chi connectivity index (χ1v) is 9.88. The van der Waals surface area contributed by atoms with Crippen molar-refractivity contribution >= 4 is 5.91 Å². The summed E-state index contributed by atoms with van der Waals surface area (Å²) in [6.45, 7) is 16.2. The topological polar surface area (TPSA) is 29.1 Å². The number of carbonyl (C=O) groups excluding carboxylic acids is 1. The second-order valence-electron chi connectivity index (χ2n) is 7.74. The van der Waals surface area contributed by atoms with Gasteiger partial charge in [-0.15, -0.1) is 0 Å². The van der Waals surface area contributed by atoms with Crippen LogP contribution in [0.25, 0.3) is 0 Å². The van der Waals surface area contributed by atoms with E-state index < -0.39 is 0 Å². The Morgan fingerprint density at radius 2 is 1.76 bits per heavy atom. The molecular formula is C23H37NO. The minimum absolute atomic E-state index is 0.0139. The van der Waals surface area contributed by atoms with E-state index in [2.05, 4.69) is 31.5 Å². The predicted molar refractivity (Wildman–Crippen MR) is 109 cm³/mol. The van der Waals surface area contributed by atoms with Gasteiger partial charge in [0.15, 0.2) is 0 Å². The van der Waals surface area contributed by atoms with Gasteiger partial charge in [0.1, 0.15) is 0 Å². The Morgan fingerprint density at radius 3 is 2.28 bits per heavy atom. The lowest BCUT2D eigenvalue weighted by Crippen LogP contribution is -2.25. The largest absolute Gasteiger partial charge is 0.326 e. The van der Waals surface area contributed by atoms with Gasteiger partial charge in [0.2, 0.25) is 0 Å². The summed E-state index contributed by atoms with van der Waals surface area (Å²) in [6, 6.07) is 0. The molecule has 0 unspecified atom stereocenters. The summed E-state index contributed by atoms with van der Waals surface area (Å²) in [6.07, 6.45) is 12.6. The number of amides is 1. The highest BCUT2D eigenvalue weighted by atomic mass is 16.1. The molecule has 0 radical (unpaired) electrons. The molecule has 0 aromatic heterocycles. The molecule has 0 saturated heterocycles. The lowest BCUT2D eigenvalue weighted by molar-refractivity contribution is -0.116. The van der Waals surface area contributed by atoms with Gasteiger partial charge in [0, 0.05) is 11.3 Å². The van der Waals surface area contributed by atoms with Gasteiger partial charge in [-0.25, -0.2) is 0 Å². The fourth-order valence-corrected chi connectivity index (χ4v) is 3.60. The first kappa shape index (κ1) is 21.5. The van der Waals surface area contributed by atoms with Crippen molar-refractivity contribution in [2.75, 3.05) is 0 Å². The molecule has 0 aromatic carbocycles. The normalized spacial score (nSPS) is 15.1. The average molecular weight is 344 g/mol. The van der Waals surface area contributed by atoms with Crippen molar-refractivity contribution < 1.29 is 4.79 Å². The molecule has 1 amide bonds. The second-order valence-corrected chi connectivity index (χ2v) is 7.74. The molecular weight excluding hydrogens is 306 g/mol. The van der Waals surface area contributed by atoms with Crippen LogP contribution in [-0.2, 0) is 4.79 Å². The van der Waals surface area contributed by atoms with Crippen molar-refractivity contribution in [3.8, 4) is 0 Å². The zero-order valence-electron chi connectivity index (χ0n) is 16.8. The highest BCUT2D eigenvalue weighted by Gasteiger charge is 2.20. The van der Waals surface area contributed by atoms with Crippen LogP contribution in [0, 0.1) is 5.92 Å². The Morgan fingerprint density at radius 1 is 1.12 bits per heavy atom. The Hall–Kier alpha value is -1.57. The Balaban J connectivity index is 2.88. The van der Waals surface area contributed by atoms with E-state index in [0.717, 1.165) is 59.6 Å². The van der Waals surface area contributed by atoms with Gasteiger partial charge in [-0.05, 0) is 57.9 Å². The fraction of sp³-hybridized carbons (Fsp3) is 0.609. The van der Waals surface area contributed by atoms with Gasteiger partial charge >= 0.3 is 0 Å². The maximum absolute atomic E-state index is 12.9. The highest BCUT2D eigenvalue weighted by molar-refractivity contribution is 5.99. The van der Waals surface area contributed by atoms with Crippen molar-refractivity contribution in [3.63, 3.8) is 0 Å². The van der Waals surface area contributed by atoms with Gasteiger partial charge in [0.25, 0.3) is 5.91 Å². The summed E-state index contributed by atoms with van der Waals surface area (Å²) in [7, 11) is 0. The van der Waals surface area contributed by atoms with Crippen LogP contribution in [0.5, 0.6) is 0 Å². The number of nitrogens with one attached hydrogen (secondary N) is 1. The molecule has 25 heavy (non-hydrogen) atoms. The van der Waals surface area contributed by atoms with Crippen LogP contribution >= 0.6 is 0 Å². The van der Waals surface area contributed by atoms with E-state index in [1.54, 1.807) is 0 Å². The molecule has 1 aliphatic rings. The van der Waals surface area contributed by atoms with Crippen LogP contribution in [0.15, 0.2) is 47.2 Å². The molecule has 1 saturated carbocycles. The van der Waals surface area contributed by atoms with Crippen molar-refractivity contribution in [3.05, 3.63) is 47.2 Å². The standard InChI is InChI=1S/C23H37NO/c1-7-8-11-19(6)24-23(25)22(18(4)5)21(16-17(2)3)15-14-20-12-9-10-13-20/h16,20H,2,6-15H2,1,3-5H3,(H,24,25)/b21-16-. The van der Waals surface area contributed by atoms with E-state index in [-0.39, 0.29) is 5.91 Å². The molecule has 2 nitrogen and oxygen atoms in total. The molecule has 2 heteroatoms. The molecule has 1 fully saturated rings. The molecule has 1 aliphatic carbocycles. The summed E-state index contributed by atoms with van der Waals surface area (Å²) >= 11 is 0. The van der Waals surface area contributed by atoms with Crippen LogP contribution in [-0.4, -0.2) is 5.91 Å². The summed E-state index contributed by atoms with van der Waals surface area (Å²) in [5.74, 6) is 0.800. The molecule has 0 atom stereocenters. The molecule has 1 rings (SSSR count). The summed E-state index contributed by atoms with van der Waals surface area (Å²) in [4.78, 5) is 12.9. The first-order valence-electron chi connectivity index (χ1n) is 9.88. The number of hydrogen-bond acceptors (Lipinski definition) is 1. The lowest BCUT2D eigenvalue weighted by atomic mass is 9.90. The number of unbranched alkanes of at least 4 members (excludes halogenated alkanes) is 1. The van der Waals surface area contributed by atoms with Gasteiger partial charge in [0.05, 0.1) is 0 Å². The number of carbonyl (C=O) groups is 1. The Kier molecular flexibility index (Phi) is 9.55. The van der Waals surface area contributed by atoms with Crippen LogP contribution in [0.4, 0.5) is 0 Å². The maximum atomic E-state index is 12.9. The van der Waals surface area contributed by atoms with Crippen LogP contribution < -0.4 is 5.32 Å². The van der Waals surface area contributed by atoms with Gasteiger partial charge in [-0.3, -0.25) is 4.79 Å². The van der Waals surface area contributed by atoms with Crippen molar-refractivity contribution in [1.82, 2.24) is 5.32 Å². The van der Waals surface area contributed by atoms with Gasteiger partial charge in [-0.2, -0.15) is 0 Å².